The summed E-state index contributed by atoms with van der Waals surface area (Å²) in [5.74, 6) is -4.25. The lowest BCUT2D eigenvalue weighted by Crippen LogP contribution is -2.58. The van der Waals surface area contributed by atoms with E-state index in [1.54, 1.807) is 39.8 Å². The van der Waals surface area contributed by atoms with Crippen LogP contribution in [-0.2, 0) is 30.4 Å². The van der Waals surface area contributed by atoms with Crippen LogP contribution in [0.1, 0.15) is 51.8 Å². The van der Waals surface area contributed by atoms with Gasteiger partial charge in [-0.25, -0.2) is 13.6 Å². The first-order valence-electron chi connectivity index (χ1n) is 13.3. The highest BCUT2D eigenvalue weighted by Gasteiger charge is 2.43. The minimum Gasteiger partial charge on any atom is -0.444 e. The number of hydrogen-bond donors (Lipinski definition) is 3. The third-order valence-corrected chi connectivity index (χ3v) is 6.91. The molecule has 4 N–H and O–H groups in total. The van der Waals surface area contributed by atoms with Gasteiger partial charge >= 0.3 is 6.09 Å². The molecule has 0 fully saturated rings. The molecule has 0 aromatic heterocycles. The van der Waals surface area contributed by atoms with Crippen LogP contribution in [-0.4, -0.2) is 71.6 Å². The van der Waals surface area contributed by atoms with Crippen LogP contribution in [0.25, 0.3) is 0 Å². The molecule has 42 heavy (non-hydrogen) atoms. The fourth-order valence-corrected chi connectivity index (χ4v) is 4.39. The summed E-state index contributed by atoms with van der Waals surface area (Å²) in [6, 6.07) is 4.21. The number of nitrogens with one attached hydrogen (secondary N) is 2. The van der Waals surface area contributed by atoms with E-state index < -0.39 is 71.0 Å². The van der Waals surface area contributed by atoms with E-state index >= 15 is 0 Å². The molecule has 0 radical (unpaired) electrons. The van der Waals surface area contributed by atoms with Crippen LogP contribution in [0.2, 0.25) is 0 Å². The molecule has 4 atom stereocenters. The summed E-state index contributed by atoms with van der Waals surface area (Å²) < 4.78 is 39.4. The first-order chi connectivity index (χ1) is 19.5. The molecule has 2 aromatic carbocycles. The Bertz CT molecular complexity index is 1340. The zero-order valence-electron chi connectivity index (χ0n) is 24.7. The van der Waals surface area contributed by atoms with Gasteiger partial charge in [0.05, 0.1) is 6.10 Å². The molecule has 11 nitrogen and oxygen atoms in total. The number of nitrogens with two attached hydrogens (primary N) is 1. The number of likely N-dealkylation sites (N-methyl/N-ethyl adjacent to an activating group) is 1. The summed E-state index contributed by atoms with van der Waals surface area (Å²) in [6.45, 7) is 8.03. The highest BCUT2D eigenvalue weighted by molar-refractivity contribution is 6.00. The van der Waals surface area contributed by atoms with E-state index in [9.17, 15) is 28.0 Å². The molecule has 3 rings (SSSR count). The molecule has 0 bridgehead atoms. The Hall–Kier alpha value is -4.26. The van der Waals surface area contributed by atoms with Crippen molar-refractivity contribution in [1.29, 1.82) is 0 Å². The topological polar surface area (TPSA) is 143 Å². The summed E-state index contributed by atoms with van der Waals surface area (Å²) >= 11 is 0. The first kappa shape index (κ1) is 32.3. The van der Waals surface area contributed by atoms with Crippen molar-refractivity contribution >= 4 is 35.2 Å². The normalized spacial score (nSPS) is 16.6. The molecule has 2 aromatic rings. The summed E-state index contributed by atoms with van der Waals surface area (Å²) in [7, 11) is 2.73. The number of carbonyl (C=O) groups is 4. The van der Waals surface area contributed by atoms with Crippen LogP contribution >= 0.6 is 0 Å². The lowest BCUT2D eigenvalue weighted by Gasteiger charge is -2.33. The molecule has 0 saturated carbocycles. The van der Waals surface area contributed by atoms with Gasteiger partial charge in [0.1, 0.15) is 41.0 Å². The van der Waals surface area contributed by atoms with E-state index in [-0.39, 0.29) is 6.54 Å². The average molecular weight is 590 g/mol. The number of nitrogens with zero attached hydrogens (tertiary/aromatic N) is 2. The number of anilines is 2. The van der Waals surface area contributed by atoms with Crippen molar-refractivity contribution in [2.75, 3.05) is 25.2 Å². The second kappa shape index (κ2) is 12.7. The molecule has 1 aliphatic heterocycles. The molecule has 13 heteroatoms. The molecular formula is C29H37F2N5O6. The van der Waals surface area contributed by atoms with Crippen LogP contribution in [0.5, 0.6) is 0 Å². The Labute approximate surface area is 243 Å². The maximum Gasteiger partial charge on any atom is 0.410 e. The predicted molar refractivity (Wildman–Crippen MR) is 151 cm³/mol. The van der Waals surface area contributed by atoms with Crippen molar-refractivity contribution in [2.24, 2.45) is 0 Å². The molecule has 1 aliphatic rings. The number of ether oxygens (including phenoxy) is 2. The number of para-hydroxylation sites is 1. The van der Waals surface area contributed by atoms with Crippen molar-refractivity contribution in [1.82, 2.24) is 15.1 Å². The number of amides is 4. The number of halogens is 2. The molecule has 1 heterocycles. The lowest BCUT2D eigenvalue weighted by molar-refractivity contribution is -0.145. The van der Waals surface area contributed by atoms with Crippen molar-refractivity contribution in [3.8, 4) is 0 Å². The van der Waals surface area contributed by atoms with E-state index in [1.807, 2.05) is 0 Å². The zero-order valence-corrected chi connectivity index (χ0v) is 24.7. The van der Waals surface area contributed by atoms with Crippen molar-refractivity contribution in [2.45, 2.75) is 71.0 Å². The maximum absolute atomic E-state index is 14.4. The third kappa shape index (κ3) is 7.14. The second-order valence-corrected chi connectivity index (χ2v) is 11.1. The van der Waals surface area contributed by atoms with Gasteiger partial charge in [-0.15, -0.1) is 0 Å². The molecular weight excluding hydrogens is 552 g/mol. The van der Waals surface area contributed by atoms with Gasteiger partial charge in [-0.1, -0.05) is 12.1 Å². The molecule has 0 saturated heterocycles. The molecule has 0 aliphatic carbocycles. The summed E-state index contributed by atoms with van der Waals surface area (Å²) in [4.78, 5) is 55.6. The molecule has 228 valence electrons. The number of rotatable bonds is 8. The van der Waals surface area contributed by atoms with Crippen LogP contribution in [0.3, 0.4) is 0 Å². The van der Waals surface area contributed by atoms with Gasteiger partial charge < -0.3 is 30.7 Å². The minimum atomic E-state index is -1.33. The second-order valence-electron chi connectivity index (χ2n) is 11.1. The maximum atomic E-state index is 14.4. The van der Waals surface area contributed by atoms with Crippen molar-refractivity contribution in [3.05, 3.63) is 59.2 Å². The standard InChI is InChI=1S/C29H37F2N5O6/c1-15(35(6)28(40)42-29(3,4)5)25(37)33-22(16(2)41-7)27(39)36-14-17-11-12-18(32)13-19(17)24(36)26(38)34-23-20(30)9-8-10-21(23)31/h8-13,15-16,22,24H,14,32H2,1-7H3,(H,33,37)(H,34,38)/t15-,16?,22?,24?/m0/s1. The smallest absolute Gasteiger partial charge is 0.410 e. The van der Waals surface area contributed by atoms with Gasteiger partial charge in [-0.05, 0) is 70.0 Å². The van der Waals surface area contributed by atoms with Gasteiger partial charge in [0, 0.05) is 26.4 Å². The van der Waals surface area contributed by atoms with Gasteiger partial charge in [0.2, 0.25) is 11.8 Å². The molecule has 4 amide bonds. The van der Waals surface area contributed by atoms with E-state index in [4.69, 9.17) is 15.2 Å². The lowest BCUT2D eigenvalue weighted by atomic mass is 10.0. The quantitative estimate of drug-likeness (QED) is 0.401. The van der Waals surface area contributed by atoms with Gasteiger partial charge in [-0.3, -0.25) is 19.3 Å². The number of methoxy groups -OCH3 is 1. The van der Waals surface area contributed by atoms with Crippen LogP contribution in [0.15, 0.2) is 36.4 Å². The van der Waals surface area contributed by atoms with Gasteiger partial charge in [-0.2, -0.15) is 0 Å². The number of benzene rings is 2. The molecule has 0 spiro atoms. The van der Waals surface area contributed by atoms with Crippen LogP contribution in [0, 0.1) is 11.6 Å². The zero-order chi connectivity index (χ0) is 31.5. The van der Waals surface area contributed by atoms with Crippen LogP contribution < -0.4 is 16.4 Å². The highest BCUT2D eigenvalue weighted by Crippen LogP contribution is 2.37. The summed E-state index contributed by atoms with van der Waals surface area (Å²) in [6.07, 6.45) is -1.61. The van der Waals surface area contributed by atoms with Crippen LogP contribution in [0.4, 0.5) is 25.0 Å². The van der Waals surface area contributed by atoms with E-state index in [1.165, 1.54) is 32.0 Å². The fraction of sp³-hybridized carbons (Fsp3) is 0.448. The Morgan fingerprint density at radius 1 is 1.10 bits per heavy atom. The predicted octanol–water partition coefficient (Wildman–Crippen LogP) is 3.34. The number of fused-ring (bicyclic) bond motifs is 1. The number of carbonyl (C=O) groups excluding carboxylic acids is 4. The van der Waals surface area contributed by atoms with Gasteiger partial charge in [0.25, 0.3) is 5.91 Å². The molecule has 3 unspecified atom stereocenters. The van der Waals surface area contributed by atoms with Crippen molar-refractivity contribution < 1.29 is 37.4 Å². The SMILES string of the molecule is COC(C)C(NC(=O)[C@H](C)N(C)C(=O)OC(C)(C)C)C(=O)N1Cc2ccc(N)cc2C1C(=O)Nc1c(F)cccc1F. The first-order valence-corrected chi connectivity index (χ1v) is 13.3. The Morgan fingerprint density at radius 3 is 2.29 bits per heavy atom. The monoisotopic (exact) mass is 589 g/mol. The van der Waals surface area contributed by atoms with E-state index in [0.717, 1.165) is 23.1 Å². The van der Waals surface area contributed by atoms with Crippen molar-refractivity contribution in [3.63, 3.8) is 0 Å². The Balaban J connectivity index is 1.92. The Morgan fingerprint density at radius 2 is 1.71 bits per heavy atom. The number of nitrogen functional groups attached to an aromatic ring is 1. The number of hydrogen-bond acceptors (Lipinski definition) is 7. The fourth-order valence-electron chi connectivity index (χ4n) is 4.39. The summed E-state index contributed by atoms with van der Waals surface area (Å²) in [5, 5.41) is 4.88. The van der Waals surface area contributed by atoms with E-state index in [2.05, 4.69) is 10.6 Å². The average Bonchev–Trinajstić information content (AvgIpc) is 3.29. The highest BCUT2D eigenvalue weighted by atomic mass is 19.1. The largest absolute Gasteiger partial charge is 0.444 e. The summed E-state index contributed by atoms with van der Waals surface area (Å²) in [5.41, 5.74) is 5.77. The Kier molecular flexibility index (Phi) is 9.77. The third-order valence-electron chi connectivity index (χ3n) is 6.91. The van der Waals surface area contributed by atoms with Gasteiger partial charge in [0.15, 0.2) is 0 Å². The van der Waals surface area contributed by atoms with E-state index in [0.29, 0.717) is 16.8 Å². The minimum absolute atomic E-state index is 0.0531.